The molecule has 0 bridgehead atoms. The minimum atomic E-state index is -2.13. The third-order valence-electron chi connectivity index (χ3n) is 5.10. The minimum Gasteiger partial charge on any atom is -0.508 e. The first-order valence-corrected chi connectivity index (χ1v) is 10.9. The summed E-state index contributed by atoms with van der Waals surface area (Å²) in [6.07, 6.45) is 0. The van der Waals surface area contributed by atoms with E-state index in [1.54, 1.807) is 6.07 Å². The van der Waals surface area contributed by atoms with E-state index in [1.165, 1.54) is 10.4 Å². The Bertz CT molecular complexity index is 881. The molecule has 3 rings (SSSR count). The molecule has 0 fully saturated rings. The highest BCUT2D eigenvalue weighted by Gasteiger charge is 2.48. The Balaban J connectivity index is 2.58. The molecular weight excluding hydrogens is 366 g/mol. The molecule has 1 N–H and O–H groups in total. The molecule has 0 amide bonds. The number of benzene rings is 2. The summed E-state index contributed by atoms with van der Waals surface area (Å²) < 4.78 is 1.09. The van der Waals surface area contributed by atoms with E-state index in [4.69, 9.17) is 4.99 Å². The Morgan fingerprint density at radius 2 is 1.74 bits per heavy atom. The summed E-state index contributed by atoms with van der Waals surface area (Å²) in [5, 5.41) is 14.7. The molecule has 0 aromatic heterocycles. The lowest BCUT2D eigenvalue weighted by molar-refractivity contribution is 0.476. The molecule has 0 unspecified atom stereocenters. The number of aromatic hydroxyl groups is 1. The van der Waals surface area contributed by atoms with Gasteiger partial charge in [-0.25, -0.2) is 4.99 Å². The zero-order valence-corrected chi connectivity index (χ0v) is 16.6. The van der Waals surface area contributed by atoms with Crippen LogP contribution < -0.4 is 20.9 Å². The molecule has 120 valence electrons. The molecular formula is C19H22BrNOSi. The lowest BCUT2D eigenvalue weighted by atomic mass is 10.2. The Hall–Kier alpha value is -1.39. The van der Waals surface area contributed by atoms with Crippen LogP contribution in [0.4, 0.5) is 5.69 Å². The molecule has 0 spiro atoms. The van der Waals surface area contributed by atoms with E-state index < -0.39 is 8.07 Å². The fourth-order valence-corrected chi connectivity index (χ4v) is 11.5. The highest BCUT2D eigenvalue weighted by atomic mass is 79.9. The fourth-order valence-electron chi connectivity index (χ4n) is 4.18. The lowest BCUT2D eigenvalue weighted by Gasteiger charge is -2.43. The van der Waals surface area contributed by atoms with Crippen molar-refractivity contribution in [3.8, 4) is 5.75 Å². The molecule has 4 heteroatoms. The van der Waals surface area contributed by atoms with Crippen LogP contribution in [0.5, 0.6) is 5.75 Å². The average molecular weight is 388 g/mol. The van der Waals surface area contributed by atoms with E-state index in [9.17, 15) is 5.11 Å². The van der Waals surface area contributed by atoms with Gasteiger partial charge in [0.15, 0.2) is 0 Å². The molecule has 2 aromatic rings. The van der Waals surface area contributed by atoms with E-state index >= 15 is 0 Å². The van der Waals surface area contributed by atoms with Crippen LogP contribution in [0.15, 0.2) is 39.8 Å². The van der Waals surface area contributed by atoms with Gasteiger partial charge < -0.3 is 5.11 Å². The largest absolute Gasteiger partial charge is 0.508 e. The van der Waals surface area contributed by atoms with Crippen LogP contribution in [0.2, 0.25) is 11.1 Å². The van der Waals surface area contributed by atoms with E-state index in [2.05, 4.69) is 56.3 Å². The minimum absolute atomic E-state index is 0.322. The highest BCUT2D eigenvalue weighted by Crippen LogP contribution is 2.37. The van der Waals surface area contributed by atoms with Crippen molar-refractivity contribution in [3.05, 3.63) is 45.4 Å². The summed E-state index contributed by atoms with van der Waals surface area (Å²) >= 11 is 3.80. The Morgan fingerprint density at radius 3 is 2.35 bits per heavy atom. The molecule has 1 heterocycles. The summed E-state index contributed by atoms with van der Waals surface area (Å²) in [5.74, 6) is 0.322. The van der Waals surface area contributed by atoms with Gasteiger partial charge in [0.2, 0.25) is 0 Å². The summed E-state index contributed by atoms with van der Waals surface area (Å²) in [4.78, 5) is 4.88. The van der Waals surface area contributed by atoms with E-state index in [0.29, 0.717) is 16.8 Å². The molecule has 0 radical (unpaired) electrons. The fraction of sp³-hybridized carbons (Fsp3) is 0.316. The first-order valence-electron chi connectivity index (χ1n) is 8.00. The second-order valence-electron chi connectivity index (χ2n) is 6.92. The van der Waals surface area contributed by atoms with Crippen molar-refractivity contribution in [2.75, 3.05) is 0 Å². The lowest BCUT2D eigenvalue weighted by Crippen LogP contribution is -2.69. The number of halogens is 1. The van der Waals surface area contributed by atoms with Gasteiger partial charge in [0.05, 0.1) is 11.0 Å². The third kappa shape index (κ3) is 2.23. The number of rotatable bonds is 2. The van der Waals surface area contributed by atoms with Gasteiger partial charge in [0.25, 0.3) is 0 Å². The number of hydrogen-bond acceptors (Lipinski definition) is 2. The molecule has 23 heavy (non-hydrogen) atoms. The first kappa shape index (κ1) is 16.5. The summed E-state index contributed by atoms with van der Waals surface area (Å²) in [6.45, 7) is 13.4. The van der Waals surface area contributed by atoms with Crippen LogP contribution in [0.25, 0.3) is 6.58 Å². The number of phenolic OH excluding ortho intramolecular Hbond substituents is 1. The maximum Gasteiger partial charge on any atom is 0.130 e. The molecule has 0 aliphatic carbocycles. The number of phenols is 1. The van der Waals surface area contributed by atoms with Gasteiger partial charge in [0.1, 0.15) is 13.8 Å². The van der Waals surface area contributed by atoms with Gasteiger partial charge in [0, 0.05) is 4.47 Å². The van der Waals surface area contributed by atoms with Crippen LogP contribution in [-0.2, 0) is 0 Å². The highest BCUT2D eigenvalue weighted by molar-refractivity contribution is 9.10. The van der Waals surface area contributed by atoms with E-state index in [-0.39, 0.29) is 0 Å². The molecule has 1 aliphatic heterocycles. The number of hydrogen-bond donors (Lipinski definition) is 1. The normalized spacial score (nSPS) is 15.3. The van der Waals surface area contributed by atoms with Gasteiger partial charge >= 0.3 is 0 Å². The topological polar surface area (TPSA) is 32.6 Å². The van der Waals surface area contributed by atoms with Crippen molar-refractivity contribution in [2.24, 2.45) is 4.99 Å². The Kier molecular flexibility index (Phi) is 4.01. The van der Waals surface area contributed by atoms with Crippen molar-refractivity contribution in [1.29, 1.82) is 0 Å². The molecule has 0 saturated carbocycles. The standard InChI is InChI=1S/C19H22BrNOSi/c1-11(2)23(12(3)4)17-10-14(22)7-9-15(17)21-16-8-6-13(5)18(20)19(16)23/h6-12,22H,5H2,1-4H3. The maximum absolute atomic E-state index is 10.1. The number of fused-ring (bicyclic) bond motifs is 2. The van der Waals surface area contributed by atoms with Gasteiger partial charge in [-0.1, -0.05) is 56.3 Å². The van der Waals surface area contributed by atoms with Crippen LogP contribution in [0.3, 0.4) is 0 Å². The van der Waals surface area contributed by atoms with Crippen molar-refractivity contribution >= 4 is 46.6 Å². The van der Waals surface area contributed by atoms with E-state index in [1.807, 2.05) is 18.2 Å². The summed E-state index contributed by atoms with van der Waals surface area (Å²) in [7, 11) is -2.13. The van der Waals surface area contributed by atoms with Crippen molar-refractivity contribution in [3.63, 3.8) is 0 Å². The van der Waals surface area contributed by atoms with Gasteiger partial charge in [-0.15, -0.1) is 0 Å². The first-order chi connectivity index (χ1) is 10.8. The SMILES string of the molecule is C=c1ccc2c(c1Br)[Si](C(C)C)(C(C)C)c1cc(O)ccc1N=2. The van der Waals surface area contributed by atoms with E-state index in [0.717, 1.165) is 20.7 Å². The van der Waals surface area contributed by atoms with Crippen LogP contribution in [0, 0.1) is 0 Å². The third-order valence-corrected chi connectivity index (χ3v) is 12.6. The van der Waals surface area contributed by atoms with Gasteiger partial charge in [-0.05, 0) is 50.9 Å². The van der Waals surface area contributed by atoms with Crippen LogP contribution in [-0.4, -0.2) is 13.2 Å². The summed E-state index contributed by atoms with van der Waals surface area (Å²) in [6, 6.07) is 9.74. The predicted molar refractivity (Wildman–Crippen MR) is 103 cm³/mol. The monoisotopic (exact) mass is 387 g/mol. The number of nitrogens with zero attached hydrogens (tertiary/aromatic N) is 1. The van der Waals surface area contributed by atoms with Crippen molar-refractivity contribution in [1.82, 2.24) is 0 Å². The summed E-state index contributed by atoms with van der Waals surface area (Å²) in [5.41, 5.74) is 1.97. The molecule has 0 atom stereocenters. The zero-order chi connectivity index (χ0) is 16.9. The molecule has 2 aromatic carbocycles. The maximum atomic E-state index is 10.1. The van der Waals surface area contributed by atoms with Gasteiger partial charge in [-0.3, -0.25) is 0 Å². The Labute approximate surface area is 146 Å². The predicted octanol–water partition coefficient (Wildman–Crippen LogP) is 3.21. The van der Waals surface area contributed by atoms with Crippen LogP contribution in [0.1, 0.15) is 27.7 Å². The molecule has 0 saturated heterocycles. The van der Waals surface area contributed by atoms with Gasteiger partial charge in [-0.2, -0.15) is 0 Å². The Morgan fingerprint density at radius 1 is 1.09 bits per heavy atom. The van der Waals surface area contributed by atoms with Crippen LogP contribution >= 0.6 is 15.9 Å². The smallest absolute Gasteiger partial charge is 0.130 e. The quantitative estimate of drug-likeness (QED) is 0.788. The zero-order valence-electron chi connectivity index (χ0n) is 14.0. The second-order valence-corrected chi connectivity index (χ2v) is 12.8. The average Bonchev–Trinajstić information content (AvgIpc) is 2.48. The molecule has 2 nitrogen and oxygen atoms in total. The molecule has 1 aliphatic rings. The second kappa shape index (κ2) is 5.60. The van der Waals surface area contributed by atoms with Crippen molar-refractivity contribution < 1.29 is 5.11 Å². The van der Waals surface area contributed by atoms with Crippen molar-refractivity contribution in [2.45, 2.75) is 38.8 Å².